The van der Waals surface area contributed by atoms with Gasteiger partial charge < -0.3 is 15.3 Å². The first-order valence-electron chi connectivity index (χ1n) is 10.8. The molecular formula is C22H42O4. The zero-order chi connectivity index (χ0) is 19.6. The van der Waals surface area contributed by atoms with Crippen molar-refractivity contribution in [1.82, 2.24) is 0 Å². The van der Waals surface area contributed by atoms with Crippen LogP contribution in [-0.2, 0) is 4.79 Å². The van der Waals surface area contributed by atoms with Crippen LogP contribution in [-0.4, -0.2) is 33.5 Å². The third-order valence-corrected chi connectivity index (χ3v) is 6.22. The van der Waals surface area contributed by atoms with Gasteiger partial charge in [-0.05, 0) is 62.2 Å². The van der Waals surface area contributed by atoms with E-state index in [0.29, 0.717) is 11.8 Å². The highest BCUT2D eigenvalue weighted by Gasteiger charge is 2.34. The molecule has 26 heavy (non-hydrogen) atoms. The monoisotopic (exact) mass is 370 g/mol. The lowest BCUT2D eigenvalue weighted by atomic mass is 9.81. The lowest BCUT2D eigenvalue weighted by Gasteiger charge is -2.25. The third-order valence-electron chi connectivity index (χ3n) is 6.22. The first-order chi connectivity index (χ1) is 12.2. The van der Waals surface area contributed by atoms with Gasteiger partial charge in [0.2, 0.25) is 0 Å². The number of hydrogen-bond donors (Lipinski definition) is 3. The summed E-state index contributed by atoms with van der Waals surface area (Å²) in [5, 5.41) is 29.5. The molecule has 0 heterocycles. The SMILES string of the molecule is CCCCCC(O)CC[C@H]1CC[C@H](O)[C@@H]1CCCCC(C)(C)CC(=O)O. The minimum Gasteiger partial charge on any atom is -0.481 e. The fraction of sp³-hybridized carbons (Fsp3) is 0.955. The maximum Gasteiger partial charge on any atom is 0.303 e. The molecule has 0 radical (unpaired) electrons. The molecule has 0 bridgehead atoms. The van der Waals surface area contributed by atoms with E-state index in [2.05, 4.69) is 6.92 Å². The Morgan fingerprint density at radius 2 is 1.81 bits per heavy atom. The molecule has 1 aliphatic carbocycles. The first-order valence-corrected chi connectivity index (χ1v) is 10.8. The van der Waals surface area contributed by atoms with Crippen molar-refractivity contribution in [3.8, 4) is 0 Å². The summed E-state index contributed by atoms with van der Waals surface area (Å²) in [5.74, 6) is 0.178. The first kappa shape index (κ1) is 23.4. The molecular weight excluding hydrogens is 328 g/mol. The Morgan fingerprint density at radius 3 is 2.46 bits per heavy atom. The number of carbonyl (C=O) groups is 1. The third kappa shape index (κ3) is 9.36. The summed E-state index contributed by atoms with van der Waals surface area (Å²) in [7, 11) is 0. The van der Waals surface area contributed by atoms with Crippen molar-refractivity contribution in [2.75, 3.05) is 0 Å². The summed E-state index contributed by atoms with van der Waals surface area (Å²) in [4.78, 5) is 10.9. The van der Waals surface area contributed by atoms with E-state index in [9.17, 15) is 15.0 Å². The lowest BCUT2D eigenvalue weighted by Crippen LogP contribution is -2.21. The van der Waals surface area contributed by atoms with E-state index in [4.69, 9.17) is 5.11 Å². The second kappa shape index (κ2) is 12.0. The van der Waals surface area contributed by atoms with E-state index in [1.807, 2.05) is 13.8 Å². The van der Waals surface area contributed by atoms with Crippen LogP contribution >= 0.6 is 0 Å². The van der Waals surface area contributed by atoms with Gasteiger partial charge in [0.05, 0.1) is 18.6 Å². The predicted octanol–water partition coefficient (Wildman–Crippen LogP) is 5.16. The van der Waals surface area contributed by atoms with Gasteiger partial charge in [-0.15, -0.1) is 0 Å². The van der Waals surface area contributed by atoms with Crippen molar-refractivity contribution >= 4 is 5.97 Å². The molecule has 0 aliphatic heterocycles. The molecule has 154 valence electrons. The summed E-state index contributed by atoms with van der Waals surface area (Å²) in [6.07, 6.45) is 12.1. The number of aliphatic hydroxyl groups excluding tert-OH is 2. The molecule has 1 fully saturated rings. The van der Waals surface area contributed by atoms with Gasteiger partial charge in [0.25, 0.3) is 0 Å². The van der Waals surface area contributed by atoms with Gasteiger partial charge in [-0.2, -0.15) is 0 Å². The van der Waals surface area contributed by atoms with Crippen LogP contribution in [0.3, 0.4) is 0 Å². The molecule has 1 rings (SSSR count). The van der Waals surface area contributed by atoms with Crippen molar-refractivity contribution in [2.45, 2.75) is 116 Å². The predicted molar refractivity (Wildman–Crippen MR) is 106 cm³/mol. The highest BCUT2D eigenvalue weighted by molar-refractivity contribution is 5.67. The molecule has 0 amide bonds. The maximum absolute atomic E-state index is 10.9. The molecule has 3 N–H and O–H groups in total. The normalized spacial score (nSPS) is 24.7. The van der Waals surface area contributed by atoms with Crippen LogP contribution in [0.5, 0.6) is 0 Å². The van der Waals surface area contributed by atoms with Crippen molar-refractivity contribution in [3.63, 3.8) is 0 Å². The molecule has 0 spiro atoms. The average molecular weight is 371 g/mol. The number of aliphatic hydroxyl groups is 2. The van der Waals surface area contributed by atoms with E-state index in [0.717, 1.165) is 64.2 Å². The zero-order valence-electron chi connectivity index (χ0n) is 17.3. The molecule has 4 heteroatoms. The number of hydrogen-bond acceptors (Lipinski definition) is 3. The molecule has 1 unspecified atom stereocenters. The Morgan fingerprint density at radius 1 is 1.08 bits per heavy atom. The Kier molecular flexibility index (Phi) is 10.8. The van der Waals surface area contributed by atoms with E-state index < -0.39 is 5.97 Å². The maximum atomic E-state index is 10.9. The second-order valence-corrected chi connectivity index (χ2v) is 9.28. The van der Waals surface area contributed by atoms with Gasteiger partial charge in [-0.1, -0.05) is 52.9 Å². The van der Waals surface area contributed by atoms with E-state index in [-0.39, 0.29) is 24.0 Å². The second-order valence-electron chi connectivity index (χ2n) is 9.28. The summed E-state index contributed by atoms with van der Waals surface area (Å²) in [6.45, 7) is 6.22. The van der Waals surface area contributed by atoms with Gasteiger partial charge in [-0.25, -0.2) is 0 Å². The number of carboxylic acids is 1. The lowest BCUT2D eigenvalue weighted by molar-refractivity contribution is -0.139. The van der Waals surface area contributed by atoms with Crippen LogP contribution in [0.25, 0.3) is 0 Å². The summed E-state index contributed by atoms with van der Waals surface area (Å²) < 4.78 is 0. The van der Waals surface area contributed by atoms with Crippen LogP contribution in [0.15, 0.2) is 0 Å². The van der Waals surface area contributed by atoms with Gasteiger partial charge in [0.1, 0.15) is 0 Å². The summed E-state index contributed by atoms with van der Waals surface area (Å²) in [5.41, 5.74) is -0.151. The Hall–Kier alpha value is -0.610. The Bertz CT molecular complexity index is 394. The summed E-state index contributed by atoms with van der Waals surface area (Å²) in [6, 6.07) is 0. The van der Waals surface area contributed by atoms with Crippen LogP contribution in [0.2, 0.25) is 0 Å². The number of rotatable bonds is 14. The summed E-state index contributed by atoms with van der Waals surface area (Å²) >= 11 is 0. The average Bonchev–Trinajstić information content (AvgIpc) is 2.89. The van der Waals surface area contributed by atoms with Crippen molar-refractivity contribution < 1.29 is 20.1 Å². The van der Waals surface area contributed by atoms with Crippen molar-refractivity contribution in [1.29, 1.82) is 0 Å². The highest BCUT2D eigenvalue weighted by Crippen LogP contribution is 2.39. The fourth-order valence-electron chi connectivity index (χ4n) is 4.58. The van der Waals surface area contributed by atoms with Crippen LogP contribution < -0.4 is 0 Å². The smallest absolute Gasteiger partial charge is 0.303 e. The zero-order valence-corrected chi connectivity index (χ0v) is 17.3. The molecule has 0 aromatic heterocycles. The minimum absolute atomic E-state index is 0.151. The van der Waals surface area contributed by atoms with Gasteiger partial charge in [0.15, 0.2) is 0 Å². The standard InChI is InChI=1S/C22H42O4/c1-4-5-6-9-18(23)13-11-17-12-14-20(24)19(17)10-7-8-15-22(2,3)16-21(25)26/h17-20,23-24H,4-16H2,1-3H3,(H,25,26)/t17-,18?,19+,20-/m0/s1. The molecule has 4 nitrogen and oxygen atoms in total. The van der Waals surface area contributed by atoms with E-state index >= 15 is 0 Å². The van der Waals surface area contributed by atoms with E-state index in [1.54, 1.807) is 0 Å². The molecule has 0 aromatic rings. The Balaban J connectivity index is 2.29. The fourth-order valence-corrected chi connectivity index (χ4v) is 4.58. The van der Waals surface area contributed by atoms with Gasteiger partial charge in [-0.3, -0.25) is 4.79 Å². The van der Waals surface area contributed by atoms with Gasteiger partial charge in [0, 0.05) is 0 Å². The molecule has 1 saturated carbocycles. The van der Waals surface area contributed by atoms with Gasteiger partial charge >= 0.3 is 5.97 Å². The van der Waals surface area contributed by atoms with Crippen LogP contribution in [0, 0.1) is 17.3 Å². The number of unbranched alkanes of at least 4 members (excludes halogenated alkanes) is 3. The molecule has 0 saturated heterocycles. The van der Waals surface area contributed by atoms with E-state index in [1.165, 1.54) is 12.8 Å². The topological polar surface area (TPSA) is 77.8 Å². The largest absolute Gasteiger partial charge is 0.481 e. The van der Waals surface area contributed by atoms with Crippen LogP contribution in [0.1, 0.15) is 104 Å². The minimum atomic E-state index is -0.723. The molecule has 0 aromatic carbocycles. The number of carboxylic acid groups (broad SMARTS) is 1. The quantitative estimate of drug-likeness (QED) is 0.369. The highest BCUT2D eigenvalue weighted by atomic mass is 16.4. The number of aliphatic carboxylic acids is 1. The van der Waals surface area contributed by atoms with Crippen molar-refractivity contribution in [2.24, 2.45) is 17.3 Å². The molecule has 4 atom stereocenters. The van der Waals surface area contributed by atoms with Crippen molar-refractivity contribution in [3.05, 3.63) is 0 Å². The molecule has 1 aliphatic rings. The van der Waals surface area contributed by atoms with Crippen LogP contribution in [0.4, 0.5) is 0 Å². The Labute approximate surface area is 160 Å².